The molecule has 0 spiro atoms. The van der Waals surface area contributed by atoms with E-state index in [1.807, 2.05) is 0 Å². The first-order valence-electron chi connectivity index (χ1n) is 20.8. The van der Waals surface area contributed by atoms with E-state index < -0.39 is 23.9 Å². The van der Waals surface area contributed by atoms with Crippen molar-refractivity contribution in [3.63, 3.8) is 0 Å². The third-order valence-corrected chi connectivity index (χ3v) is 9.06. The fraction of sp³-hybridized carbons (Fsp3) is 0.727. The molecule has 54 heavy (non-hydrogen) atoms. The molecule has 0 aliphatic heterocycles. The summed E-state index contributed by atoms with van der Waals surface area (Å²) in [4.78, 5) is 42.2. The summed E-state index contributed by atoms with van der Waals surface area (Å²) < 4.78 is 0. The first-order chi connectivity index (χ1) is 25.1. The molecule has 0 saturated carbocycles. The molecular formula is C44H72Mg2O8. The van der Waals surface area contributed by atoms with Gasteiger partial charge in [-0.05, 0) is 49.0 Å². The van der Waals surface area contributed by atoms with Crippen molar-refractivity contribution in [3.8, 4) is 0 Å². The van der Waals surface area contributed by atoms with Crippen molar-refractivity contribution >= 4 is 70.0 Å². The summed E-state index contributed by atoms with van der Waals surface area (Å²) in [5, 5.41) is 42.2. The molecule has 0 bridgehead atoms. The van der Waals surface area contributed by atoms with Crippen LogP contribution in [0, 0.1) is 0 Å². The number of aliphatic carboxylic acids is 4. The number of rotatable bonds is 36. The number of carboxylic acid groups (broad SMARTS) is 4. The Labute approximate surface area is 361 Å². The second-order valence-corrected chi connectivity index (χ2v) is 14.0. The molecule has 0 aliphatic carbocycles. The Kier molecular flexibility index (Phi) is 52.0. The molecule has 10 heteroatoms. The van der Waals surface area contributed by atoms with E-state index in [4.69, 9.17) is 0 Å². The number of allylic oxidation sites excluding steroid dienone is 2. The fourth-order valence-electron chi connectivity index (χ4n) is 5.94. The zero-order valence-electron chi connectivity index (χ0n) is 34.4. The number of carboxylic acids is 4. The van der Waals surface area contributed by atoms with E-state index in [-0.39, 0.29) is 57.3 Å². The number of unbranched alkanes of at least 4 members (excludes halogenated alkanes) is 28. The maximum absolute atomic E-state index is 10.7. The Morgan fingerprint density at radius 3 is 0.741 bits per heavy atom. The molecule has 0 atom stereocenters. The van der Waals surface area contributed by atoms with Gasteiger partial charge in [0.15, 0.2) is 0 Å². The van der Waals surface area contributed by atoms with Crippen LogP contribution in [0.5, 0.6) is 0 Å². The van der Waals surface area contributed by atoms with Crippen LogP contribution in [-0.2, 0) is 19.2 Å². The van der Waals surface area contributed by atoms with Gasteiger partial charge in [0, 0.05) is 0 Å². The van der Waals surface area contributed by atoms with Gasteiger partial charge in [-0.3, -0.25) is 0 Å². The van der Waals surface area contributed by atoms with Crippen LogP contribution in [0.1, 0.15) is 206 Å². The van der Waals surface area contributed by atoms with Crippen LogP contribution in [0.25, 0.3) is 0 Å². The predicted molar refractivity (Wildman–Crippen MR) is 216 cm³/mol. The van der Waals surface area contributed by atoms with Crippen molar-refractivity contribution in [1.29, 1.82) is 0 Å². The summed E-state index contributed by atoms with van der Waals surface area (Å²) >= 11 is 0. The molecule has 8 nitrogen and oxygen atoms in total. The second-order valence-electron chi connectivity index (χ2n) is 14.0. The van der Waals surface area contributed by atoms with E-state index in [1.54, 1.807) is 12.2 Å². The maximum Gasteiger partial charge on any atom is 2.00 e. The first-order valence-corrected chi connectivity index (χ1v) is 20.8. The van der Waals surface area contributed by atoms with Crippen LogP contribution in [0.2, 0.25) is 0 Å². The molecule has 300 valence electrons. The van der Waals surface area contributed by atoms with Gasteiger partial charge in [-0.2, -0.15) is 0 Å². The molecule has 0 aromatic rings. The summed E-state index contributed by atoms with van der Waals surface area (Å²) in [6.45, 7) is 4.50. The van der Waals surface area contributed by atoms with Crippen LogP contribution < -0.4 is 20.4 Å². The number of carbonyl (C=O) groups is 4. The SMILES string of the molecule is CCCCCCCCCCCCCCCC/C=C/C(=C/C(=O)[O-])C(=O)[O-].CCCCCCCCCCCCCCCC/C=C/C(=C/C(=O)[O-])C(=O)[O-].[Mg+2].[Mg+2]. The van der Waals surface area contributed by atoms with E-state index in [0.29, 0.717) is 12.2 Å². The quantitative estimate of drug-likeness (QED) is 0.0287. The average Bonchev–Trinajstić information content (AvgIpc) is 3.10. The molecule has 0 amide bonds. The molecule has 0 fully saturated rings. The van der Waals surface area contributed by atoms with Crippen LogP contribution >= 0.6 is 0 Å². The van der Waals surface area contributed by atoms with E-state index in [1.165, 1.54) is 166 Å². The van der Waals surface area contributed by atoms with Crippen molar-refractivity contribution in [2.45, 2.75) is 206 Å². The zero-order valence-corrected chi connectivity index (χ0v) is 37.2. The molecule has 0 aliphatic rings. The third kappa shape index (κ3) is 48.4. The third-order valence-electron chi connectivity index (χ3n) is 9.06. The van der Waals surface area contributed by atoms with Crippen molar-refractivity contribution in [1.82, 2.24) is 0 Å². The summed E-state index contributed by atoms with van der Waals surface area (Å²) in [5.41, 5.74) is -0.703. The van der Waals surface area contributed by atoms with E-state index in [2.05, 4.69) is 13.8 Å². The number of hydrogen-bond acceptors (Lipinski definition) is 8. The fourth-order valence-corrected chi connectivity index (χ4v) is 5.94. The minimum absolute atomic E-state index is 0. The Morgan fingerprint density at radius 1 is 0.352 bits per heavy atom. The maximum atomic E-state index is 10.7. The number of hydrogen-bond donors (Lipinski definition) is 0. The molecule has 0 radical (unpaired) electrons. The average molecular weight is 778 g/mol. The molecule has 0 aromatic heterocycles. The van der Waals surface area contributed by atoms with Crippen molar-refractivity contribution in [2.24, 2.45) is 0 Å². The first kappa shape index (κ1) is 59.1. The van der Waals surface area contributed by atoms with Gasteiger partial charge in [0.1, 0.15) is 0 Å². The van der Waals surface area contributed by atoms with E-state index in [9.17, 15) is 39.6 Å². The monoisotopic (exact) mass is 776 g/mol. The smallest absolute Gasteiger partial charge is 0.545 e. The zero-order chi connectivity index (χ0) is 38.9. The minimum atomic E-state index is -1.52. The number of carbonyl (C=O) groups excluding carboxylic acids is 4. The standard InChI is InChI=1S/2C22H38O4.2Mg/c2*1-2-3-4-5-6-7-8-9-10-11-12-13-14-15-16-17-18-20(22(25)26)19-21(23)24;;/h2*17-19H,2-16H2,1H3,(H,23,24)(H,25,26);;/q;;2*+2/p-4/b2*18-17+,20-19-;;. The van der Waals surface area contributed by atoms with Gasteiger partial charge in [-0.1, -0.05) is 205 Å². The minimum Gasteiger partial charge on any atom is -0.545 e. The van der Waals surface area contributed by atoms with Crippen molar-refractivity contribution in [3.05, 3.63) is 47.6 Å². The summed E-state index contributed by atoms with van der Waals surface area (Å²) in [5.74, 6) is -6.03. The predicted octanol–water partition coefficient (Wildman–Crippen LogP) is 6.92. The van der Waals surface area contributed by atoms with E-state index in [0.717, 1.165) is 38.5 Å². The Balaban J connectivity index is -0.000000446. The Hall–Kier alpha value is -1.63. The van der Waals surface area contributed by atoms with Gasteiger partial charge in [-0.25, -0.2) is 0 Å². The van der Waals surface area contributed by atoms with Crippen LogP contribution in [0.4, 0.5) is 0 Å². The molecule has 0 saturated heterocycles. The van der Waals surface area contributed by atoms with Crippen LogP contribution in [0.3, 0.4) is 0 Å². The second kappa shape index (κ2) is 47.5. The summed E-state index contributed by atoms with van der Waals surface area (Å²) in [6.07, 6.45) is 44.9. The normalized spacial score (nSPS) is 11.5. The van der Waals surface area contributed by atoms with Crippen LogP contribution in [-0.4, -0.2) is 70.0 Å². The van der Waals surface area contributed by atoms with Gasteiger partial charge in [-0.15, -0.1) is 0 Å². The van der Waals surface area contributed by atoms with Gasteiger partial charge < -0.3 is 39.6 Å². The molecule has 0 heterocycles. The van der Waals surface area contributed by atoms with Crippen molar-refractivity contribution in [2.75, 3.05) is 0 Å². The van der Waals surface area contributed by atoms with Gasteiger partial charge >= 0.3 is 46.1 Å². The van der Waals surface area contributed by atoms with Crippen molar-refractivity contribution < 1.29 is 39.6 Å². The molecule has 0 aromatic carbocycles. The largest absolute Gasteiger partial charge is 2.00 e. The van der Waals surface area contributed by atoms with Gasteiger partial charge in [0.2, 0.25) is 0 Å². The van der Waals surface area contributed by atoms with Crippen LogP contribution in [0.15, 0.2) is 47.6 Å². The Morgan fingerprint density at radius 2 is 0.556 bits per heavy atom. The summed E-state index contributed by atoms with van der Waals surface area (Å²) in [6, 6.07) is 0. The van der Waals surface area contributed by atoms with E-state index >= 15 is 0 Å². The molecule has 0 rings (SSSR count). The molecule has 0 unspecified atom stereocenters. The topological polar surface area (TPSA) is 161 Å². The Bertz CT molecular complexity index is 940. The van der Waals surface area contributed by atoms with Gasteiger partial charge in [0.05, 0.1) is 23.9 Å². The molecular weight excluding hydrogens is 705 g/mol. The summed E-state index contributed by atoms with van der Waals surface area (Å²) in [7, 11) is 0. The molecule has 0 N–H and O–H groups in total. The van der Waals surface area contributed by atoms with Gasteiger partial charge in [0.25, 0.3) is 0 Å².